The molecule has 0 fully saturated rings. The maximum Gasteiger partial charge on any atom is 0.0594 e. The highest BCUT2D eigenvalue weighted by Crippen LogP contribution is 2.61. The largest absolute Gasteiger partial charge is 0.548 e. The zero-order valence-corrected chi connectivity index (χ0v) is 20.4. The molecule has 0 aliphatic rings. The van der Waals surface area contributed by atoms with Crippen molar-refractivity contribution in [1.82, 2.24) is 0 Å². The van der Waals surface area contributed by atoms with E-state index in [0.29, 0.717) is 6.42 Å². The van der Waals surface area contributed by atoms with Crippen LogP contribution in [0.5, 0.6) is 0 Å². The first kappa shape index (κ1) is 28.1. The van der Waals surface area contributed by atoms with Crippen molar-refractivity contribution < 1.29 is 9.90 Å². The molecule has 1 aromatic carbocycles. The molecule has 0 heterocycles. The summed E-state index contributed by atoms with van der Waals surface area (Å²) in [6, 6.07) is 8.32. The molecule has 29 heavy (non-hydrogen) atoms. The van der Waals surface area contributed by atoms with Gasteiger partial charge in [0.2, 0.25) is 0 Å². The van der Waals surface area contributed by atoms with Crippen LogP contribution >= 0.6 is 7.26 Å². The van der Waals surface area contributed by atoms with Crippen LogP contribution in [0.1, 0.15) is 84.6 Å². The van der Waals surface area contributed by atoms with E-state index in [1.54, 1.807) is 24.6 Å². The summed E-state index contributed by atoms with van der Waals surface area (Å²) >= 11 is 0. The Morgan fingerprint density at radius 2 is 1.21 bits per heavy atom. The van der Waals surface area contributed by atoms with Gasteiger partial charge in [-0.25, -0.2) is 0 Å². The predicted octanol–water partition coefficient (Wildman–Crippen LogP) is 5.51. The number of aliphatic carboxylic acids is 1. The molecule has 0 aliphatic heterocycles. The fraction of sp³-hybridized carbons (Fsp3) is 0.720. The number of hydrogen-bond acceptors (Lipinski definition) is 3. The van der Waals surface area contributed by atoms with E-state index < -0.39 is 19.3 Å². The minimum atomic E-state index is -1.21. The van der Waals surface area contributed by atoms with Crippen LogP contribution < -0.4 is 10.8 Å². The second-order valence-corrected chi connectivity index (χ2v) is 12.7. The van der Waals surface area contributed by atoms with Crippen LogP contribution in [0.15, 0.2) is 30.3 Å². The fourth-order valence-corrected chi connectivity index (χ4v) is 8.89. The highest BCUT2D eigenvalue weighted by molar-refractivity contribution is 7.75. The van der Waals surface area contributed by atoms with Crippen molar-refractivity contribution in [3.05, 3.63) is 35.9 Å². The number of carbonyl (C=O) groups excluding carboxylic acids is 1. The molecule has 1 aromatic rings. The standard InChI is InChI=1S/C16H36P.C9H11NO2/c1-5-9-13-17(14-10-6-2,15-11-7-3)16-12-8-4;10-8(9(11)12)6-7-4-2-1-3-5-7/h5-16H2,1-4H3;1-5,8H,6,10H2,(H,11,12)/q+1;/p-1/t;8-/m.0/s1. The number of hydrogen-bond donors (Lipinski definition) is 1. The lowest BCUT2D eigenvalue weighted by Crippen LogP contribution is -2.43. The Hall–Kier alpha value is -0.920. The Morgan fingerprint density at radius 1 is 0.828 bits per heavy atom. The summed E-state index contributed by atoms with van der Waals surface area (Å²) in [4.78, 5) is 10.3. The number of nitrogens with two attached hydrogens (primary N) is 1. The summed E-state index contributed by atoms with van der Waals surface area (Å²) in [7, 11) is -0.562. The minimum absolute atomic E-state index is 0.323. The summed E-state index contributed by atoms with van der Waals surface area (Å²) in [5.74, 6) is -1.21. The Bertz CT molecular complexity index is 469. The van der Waals surface area contributed by atoms with E-state index in [4.69, 9.17) is 5.73 Å². The van der Waals surface area contributed by atoms with Gasteiger partial charge in [-0.3, -0.25) is 0 Å². The molecule has 0 saturated heterocycles. The summed E-state index contributed by atoms with van der Waals surface area (Å²) in [5.41, 5.74) is 6.20. The third kappa shape index (κ3) is 13.8. The maximum absolute atomic E-state index is 10.3. The van der Waals surface area contributed by atoms with Gasteiger partial charge in [-0.15, -0.1) is 0 Å². The predicted molar refractivity (Wildman–Crippen MR) is 129 cm³/mol. The van der Waals surface area contributed by atoms with Crippen molar-refractivity contribution in [2.24, 2.45) is 5.73 Å². The topological polar surface area (TPSA) is 66.2 Å². The summed E-state index contributed by atoms with van der Waals surface area (Å²) < 4.78 is 0. The molecule has 2 N–H and O–H groups in total. The smallest absolute Gasteiger partial charge is 0.0594 e. The molecule has 3 nitrogen and oxygen atoms in total. The first-order chi connectivity index (χ1) is 13.9. The Labute approximate surface area is 181 Å². The van der Waals surface area contributed by atoms with Gasteiger partial charge < -0.3 is 15.6 Å². The van der Waals surface area contributed by atoms with Gasteiger partial charge in [0, 0.05) is 13.3 Å². The monoisotopic (exact) mass is 423 g/mol. The SMILES string of the molecule is CCCC[P+](CCCC)(CCCC)CCCC.N[C@@H](Cc1ccccc1)C(=O)[O-]. The van der Waals surface area contributed by atoms with E-state index in [9.17, 15) is 9.90 Å². The zero-order valence-electron chi connectivity index (χ0n) is 19.5. The molecular formula is C25H46NO2P. The van der Waals surface area contributed by atoms with Crippen molar-refractivity contribution in [2.75, 3.05) is 24.6 Å². The van der Waals surface area contributed by atoms with Gasteiger partial charge in [0.05, 0.1) is 30.6 Å². The third-order valence-corrected chi connectivity index (χ3v) is 10.6. The summed E-state index contributed by atoms with van der Waals surface area (Å²) in [5, 5.41) is 10.3. The van der Waals surface area contributed by atoms with Crippen molar-refractivity contribution in [3.63, 3.8) is 0 Å². The van der Waals surface area contributed by atoms with Gasteiger partial charge in [0.15, 0.2) is 0 Å². The molecule has 0 bridgehead atoms. The maximum atomic E-state index is 10.3. The highest BCUT2D eigenvalue weighted by Gasteiger charge is 2.34. The molecule has 0 spiro atoms. The lowest BCUT2D eigenvalue weighted by molar-refractivity contribution is -0.307. The fourth-order valence-electron chi connectivity index (χ4n) is 3.60. The second kappa shape index (κ2) is 17.9. The molecule has 0 amide bonds. The van der Waals surface area contributed by atoms with Crippen LogP contribution in [-0.2, 0) is 11.2 Å². The number of benzene rings is 1. The van der Waals surface area contributed by atoms with Gasteiger partial charge in [-0.1, -0.05) is 83.7 Å². The zero-order chi connectivity index (χ0) is 22.0. The van der Waals surface area contributed by atoms with Crippen LogP contribution in [0.25, 0.3) is 0 Å². The summed E-state index contributed by atoms with van der Waals surface area (Å²) in [6.45, 7) is 9.42. The Balaban J connectivity index is 0.000000571. The van der Waals surface area contributed by atoms with E-state index in [1.807, 2.05) is 30.3 Å². The average Bonchev–Trinajstić information content (AvgIpc) is 2.74. The molecular weight excluding hydrogens is 377 g/mol. The Kier molecular flexibility index (Phi) is 17.3. The molecule has 0 aliphatic carbocycles. The normalized spacial score (nSPS) is 12.2. The number of carboxylic acids is 1. The molecule has 1 rings (SSSR count). The number of unbranched alkanes of at least 4 members (excludes halogenated alkanes) is 4. The molecule has 0 radical (unpaired) electrons. The highest BCUT2D eigenvalue weighted by atomic mass is 31.2. The van der Waals surface area contributed by atoms with Gasteiger partial charge in [0.1, 0.15) is 0 Å². The van der Waals surface area contributed by atoms with Crippen LogP contribution in [0.4, 0.5) is 0 Å². The number of carbonyl (C=O) groups is 1. The van der Waals surface area contributed by atoms with Crippen molar-refractivity contribution in [3.8, 4) is 0 Å². The van der Waals surface area contributed by atoms with Crippen LogP contribution in [0.3, 0.4) is 0 Å². The minimum Gasteiger partial charge on any atom is -0.548 e. The lowest BCUT2D eigenvalue weighted by Gasteiger charge is -2.28. The molecule has 168 valence electrons. The molecule has 0 unspecified atom stereocenters. The van der Waals surface area contributed by atoms with Gasteiger partial charge in [-0.2, -0.15) is 0 Å². The van der Waals surface area contributed by atoms with Crippen LogP contribution in [-0.4, -0.2) is 36.7 Å². The van der Waals surface area contributed by atoms with Gasteiger partial charge in [0.25, 0.3) is 0 Å². The third-order valence-electron chi connectivity index (χ3n) is 5.55. The molecule has 4 heteroatoms. The average molecular weight is 424 g/mol. The number of rotatable bonds is 15. The second-order valence-electron chi connectivity index (χ2n) is 8.27. The van der Waals surface area contributed by atoms with Crippen molar-refractivity contribution in [2.45, 2.75) is 91.5 Å². The van der Waals surface area contributed by atoms with Crippen molar-refractivity contribution >= 4 is 13.2 Å². The lowest BCUT2D eigenvalue weighted by atomic mass is 10.1. The summed E-state index contributed by atoms with van der Waals surface area (Å²) in [6.07, 6.45) is 18.3. The van der Waals surface area contributed by atoms with Gasteiger partial charge in [-0.05, 0) is 37.7 Å². The molecule has 1 atom stereocenters. The van der Waals surface area contributed by atoms with Crippen molar-refractivity contribution in [1.29, 1.82) is 0 Å². The Morgan fingerprint density at radius 3 is 1.52 bits per heavy atom. The van der Waals surface area contributed by atoms with Crippen LogP contribution in [0, 0.1) is 0 Å². The molecule has 0 aromatic heterocycles. The van der Waals surface area contributed by atoms with E-state index in [-0.39, 0.29) is 0 Å². The van der Waals surface area contributed by atoms with Gasteiger partial charge >= 0.3 is 0 Å². The van der Waals surface area contributed by atoms with E-state index in [0.717, 1.165) is 5.56 Å². The van der Waals surface area contributed by atoms with E-state index in [1.165, 1.54) is 51.4 Å². The van der Waals surface area contributed by atoms with E-state index in [2.05, 4.69) is 27.7 Å². The first-order valence-corrected chi connectivity index (χ1v) is 14.3. The van der Waals surface area contributed by atoms with Crippen LogP contribution in [0.2, 0.25) is 0 Å². The quantitative estimate of drug-likeness (QED) is 0.378. The first-order valence-electron chi connectivity index (χ1n) is 11.8. The molecule has 0 saturated carbocycles. The number of carboxylic acid groups (broad SMARTS) is 1. The van der Waals surface area contributed by atoms with E-state index >= 15 is 0 Å².